The van der Waals surface area contributed by atoms with E-state index in [9.17, 15) is 43.2 Å². The number of thioether (sulfide) groups is 1. The highest BCUT2D eigenvalue weighted by atomic mass is 33.1. The number of fused-ring (bicyclic) bond motifs is 1. The van der Waals surface area contributed by atoms with Gasteiger partial charge in [-0.1, -0.05) is 35.4 Å². The molecule has 24 nitrogen and oxygen atoms in total. The van der Waals surface area contributed by atoms with Crippen LogP contribution in [0.4, 0.5) is 0 Å². The van der Waals surface area contributed by atoms with Gasteiger partial charge < -0.3 is 70.8 Å². The predicted octanol–water partition coefficient (Wildman–Crippen LogP) is -3.80. The second-order valence-corrected chi connectivity index (χ2v) is 19.8. The van der Waals surface area contributed by atoms with Gasteiger partial charge in [-0.05, 0) is 76.2 Å². The van der Waals surface area contributed by atoms with Gasteiger partial charge >= 0.3 is 0 Å². The van der Waals surface area contributed by atoms with Gasteiger partial charge in [-0.15, -0.1) is 0 Å². The first-order chi connectivity index (χ1) is 31.1. The standard InChI is InChI=1S/C39H69N15O9S3/c1-20(2)17-26-34(60)49-23(9-6-13-45-38(41)42)32(58)47-21(3)31(57)53-27(30(40)56)18-65-66-19-28(48-22(4)55)35(61)51-25(12-16-64-5)37(63)54-15-8-11-29(54)36(62)50-24(33(59)52-26)10-7-14-46-39(43)44/h20-21,23-29H,6-19H2,1-5H3,(H2,40,56)(H,47,58)(H,48,55)(H,49,60)(H,50,62)(H,51,61)(H,52,59)(H,53,57)(H4,41,42,45)(H4,43,44,46)/t21-,23+,24+,25+,26+,27+,28-,29+/m1/s1. The van der Waals surface area contributed by atoms with Crippen molar-refractivity contribution in [2.24, 2.45) is 44.6 Å². The van der Waals surface area contributed by atoms with E-state index in [1.807, 2.05) is 20.1 Å². The van der Waals surface area contributed by atoms with Crippen molar-refractivity contribution in [2.75, 3.05) is 43.1 Å². The maximum absolute atomic E-state index is 14.3. The molecule has 0 aromatic rings. The molecule has 0 saturated carbocycles. The predicted molar refractivity (Wildman–Crippen MR) is 256 cm³/mol. The molecule has 372 valence electrons. The monoisotopic (exact) mass is 987 g/mol. The molecule has 17 N–H and O–H groups in total. The summed E-state index contributed by atoms with van der Waals surface area (Å²) >= 11 is 1.44. The molecule has 2 heterocycles. The van der Waals surface area contributed by atoms with Gasteiger partial charge in [0.15, 0.2) is 11.9 Å². The smallest absolute Gasteiger partial charge is 0.245 e. The number of hydrogen-bond donors (Lipinski definition) is 12. The number of nitrogens with zero attached hydrogens (tertiary/aromatic N) is 3. The minimum absolute atomic E-state index is 0.00145. The zero-order valence-corrected chi connectivity index (χ0v) is 40.7. The SMILES string of the molecule is CSCC[C@@H]1NC(=O)[C@H](NC(C)=O)CSSC[C@@H](C(N)=O)NC(=O)[C@@H](C)NC(=O)[C@H](CCCN=C(N)N)NC(=O)[C@H](CC(C)C)NC(=O)[C@H](CCCN=C(N)N)NC(=O)[C@@H]2CCCN2C1=O. The van der Waals surface area contributed by atoms with E-state index in [-0.39, 0.29) is 93.9 Å². The van der Waals surface area contributed by atoms with Crippen LogP contribution in [0, 0.1) is 5.92 Å². The Morgan fingerprint density at radius 2 is 1.26 bits per heavy atom. The van der Waals surface area contributed by atoms with Crippen LogP contribution in [-0.2, 0) is 43.2 Å². The summed E-state index contributed by atoms with van der Waals surface area (Å²) in [5.74, 6) is -6.44. The molecule has 66 heavy (non-hydrogen) atoms. The maximum atomic E-state index is 14.3. The van der Waals surface area contributed by atoms with Crippen molar-refractivity contribution in [3.05, 3.63) is 0 Å². The van der Waals surface area contributed by atoms with Crippen LogP contribution >= 0.6 is 33.3 Å². The average Bonchev–Trinajstić information content (AvgIpc) is 3.73. The molecule has 2 aliphatic rings. The van der Waals surface area contributed by atoms with Crippen molar-refractivity contribution in [3.8, 4) is 0 Å². The van der Waals surface area contributed by atoms with Crippen LogP contribution in [-0.4, -0.2) is 161 Å². The first-order valence-electron chi connectivity index (χ1n) is 21.7. The molecular weight excluding hydrogens is 919 g/mol. The Morgan fingerprint density at radius 3 is 1.80 bits per heavy atom. The van der Waals surface area contributed by atoms with Crippen LogP contribution in [0.3, 0.4) is 0 Å². The van der Waals surface area contributed by atoms with Gasteiger partial charge in [0.05, 0.1) is 0 Å². The van der Waals surface area contributed by atoms with Crippen LogP contribution in [0.25, 0.3) is 0 Å². The Kier molecular flexibility index (Phi) is 25.4. The first kappa shape index (κ1) is 56.9. The van der Waals surface area contributed by atoms with Crippen molar-refractivity contribution in [1.82, 2.24) is 42.1 Å². The lowest BCUT2D eigenvalue weighted by Gasteiger charge is -2.31. The molecular formula is C39H69N15O9S3. The number of aliphatic imine (C=N–C) groups is 2. The van der Waals surface area contributed by atoms with E-state index < -0.39 is 101 Å². The van der Waals surface area contributed by atoms with Gasteiger partial charge in [-0.2, -0.15) is 11.8 Å². The van der Waals surface area contributed by atoms with Gasteiger partial charge in [0.2, 0.25) is 53.2 Å². The molecule has 0 unspecified atom stereocenters. The number of carbonyl (C=O) groups is 9. The van der Waals surface area contributed by atoms with E-state index in [2.05, 4.69) is 47.2 Å². The van der Waals surface area contributed by atoms with Crippen molar-refractivity contribution >= 4 is 98.4 Å². The largest absolute Gasteiger partial charge is 0.370 e. The highest BCUT2D eigenvalue weighted by Crippen LogP contribution is 2.24. The van der Waals surface area contributed by atoms with Crippen LogP contribution in [0.1, 0.15) is 79.1 Å². The molecule has 8 atom stereocenters. The lowest BCUT2D eigenvalue weighted by molar-refractivity contribution is -0.142. The fourth-order valence-electron chi connectivity index (χ4n) is 6.86. The summed E-state index contributed by atoms with van der Waals surface area (Å²) in [6.45, 7) is 6.61. The number of amides is 9. The number of nitrogens with two attached hydrogens (primary N) is 5. The van der Waals surface area contributed by atoms with Gasteiger partial charge in [-0.25, -0.2) is 0 Å². The third-order valence-electron chi connectivity index (χ3n) is 10.2. The van der Waals surface area contributed by atoms with Gasteiger partial charge in [0.25, 0.3) is 0 Å². The summed E-state index contributed by atoms with van der Waals surface area (Å²) in [4.78, 5) is 131. The van der Waals surface area contributed by atoms with E-state index in [0.717, 1.165) is 21.6 Å². The molecule has 2 saturated heterocycles. The maximum Gasteiger partial charge on any atom is 0.245 e. The summed E-state index contributed by atoms with van der Waals surface area (Å²) in [5.41, 5.74) is 27.6. The van der Waals surface area contributed by atoms with Gasteiger partial charge in [0, 0.05) is 38.1 Å². The zero-order valence-electron chi connectivity index (χ0n) is 38.2. The fraction of sp³-hybridized carbons (Fsp3) is 0.718. The number of nitrogens with one attached hydrogen (secondary N) is 7. The lowest BCUT2D eigenvalue weighted by atomic mass is 10.0. The highest BCUT2D eigenvalue weighted by molar-refractivity contribution is 8.76. The number of carbonyl (C=O) groups excluding carboxylic acids is 9. The summed E-state index contributed by atoms with van der Waals surface area (Å²) in [6.07, 6.45) is 3.28. The van der Waals surface area contributed by atoms with E-state index in [4.69, 9.17) is 28.7 Å². The average molecular weight is 988 g/mol. The van der Waals surface area contributed by atoms with Crippen LogP contribution < -0.4 is 65.9 Å². The molecule has 2 fully saturated rings. The third kappa shape index (κ3) is 20.6. The Hall–Kier alpha value is -5.18. The number of hydrogen-bond acceptors (Lipinski definition) is 14. The highest BCUT2D eigenvalue weighted by Gasteiger charge is 2.40. The molecule has 9 amide bonds. The van der Waals surface area contributed by atoms with Crippen LogP contribution in [0.5, 0.6) is 0 Å². The van der Waals surface area contributed by atoms with Crippen LogP contribution in [0.2, 0.25) is 0 Å². The van der Waals surface area contributed by atoms with Crippen molar-refractivity contribution in [3.63, 3.8) is 0 Å². The third-order valence-corrected chi connectivity index (χ3v) is 13.3. The topological polar surface area (TPSA) is 396 Å². The molecule has 0 spiro atoms. The molecule has 2 aliphatic heterocycles. The quantitative estimate of drug-likeness (QED) is 0.0324. The molecule has 0 aliphatic carbocycles. The Labute approximate surface area is 397 Å². The van der Waals surface area contributed by atoms with Crippen molar-refractivity contribution in [2.45, 2.75) is 127 Å². The number of rotatable bonds is 15. The van der Waals surface area contributed by atoms with E-state index in [1.54, 1.807) is 0 Å². The summed E-state index contributed by atoms with van der Waals surface area (Å²) in [7, 11) is 2.17. The Balaban J connectivity index is 2.65. The number of primary amides is 1. The summed E-state index contributed by atoms with van der Waals surface area (Å²) in [6, 6.07) is -9.45. The first-order valence-corrected chi connectivity index (χ1v) is 25.6. The van der Waals surface area contributed by atoms with E-state index in [0.29, 0.717) is 12.2 Å². The van der Waals surface area contributed by atoms with Crippen LogP contribution in [0.15, 0.2) is 9.98 Å². The lowest BCUT2D eigenvalue weighted by Crippen LogP contribution is -2.60. The Morgan fingerprint density at radius 1 is 0.727 bits per heavy atom. The molecule has 0 radical (unpaired) electrons. The van der Waals surface area contributed by atoms with E-state index >= 15 is 0 Å². The molecule has 0 aromatic heterocycles. The summed E-state index contributed by atoms with van der Waals surface area (Å²) < 4.78 is 0. The van der Waals surface area contributed by atoms with Gasteiger partial charge in [-0.3, -0.25) is 53.1 Å². The Bertz CT molecular complexity index is 1770. The molecule has 0 aromatic carbocycles. The van der Waals surface area contributed by atoms with Crippen molar-refractivity contribution < 1.29 is 43.2 Å². The van der Waals surface area contributed by atoms with Crippen molar-refractivity contribution in [1.29, 1.82) is 0 Å². The second-order valence-electron chi connectivity index (χ2n) is 16.3. The molecule has 27 heteroatoms. The fourth-order valence-corrected chi connectivity index (χ4v) is 9.67. The summed E-state index contributed by atoms with van der Waals surface area (Å²) in [5, 5.41) is 18.6. The van der Waals surface area contributed by atoms with E-state index in [1.165, 1.54) is 30.5 Å². The molecule has 2 rings (SSSR count). The second kappa shape index (κ2) is 29.5. The minimum Gasteiger partial charge on any atom is -0.370 e. The zero-order chi connectivity index (χ0) is 49.5. The molecule has 0 bridgehead atoms. The minimum atomic E-state index is -1.26. The van der Waals surface area contributed by atoms with Gasteiger partial charge in [0.1, 0.15) is 48.3 Å². The normalized spacial score (nSPS) is 25.8. The number of guanidine groups is 2.